The van der Waals surface area contributed by atoms with E-state index in [0.717, 1.165) is 74.1 Å². The number of carbonyl (C=O) groups excluding carboxylic acids is 2. The Morgan fingerprint density at radius 3 is 0.955 bits per heavy atom. The first-order valence-corrected chi connectivity index (χ1v) is 15.9. The second-order valence-corrected chi connectivity index (χ2v) is 11.0. The standard InChI is InChI=1S/C38H46N4O2/c43-37(35(31-17-5-1-6-18-31)32-19-7-2-8-20-32)41-29-15-27-39-25-13-14-26-40-28-16-30-42-38(44)36(33-21-9-3-10-22-33)34-23-11-4-12-24-34/h1-12,17-24,35-36,39-40H,13-16,25-30H2,(H,41,43)(H,42,44). The molecule has 0 saturated carbocycles. The zero-order chi connectivity index (χ0) is 30.7. The van der Waals surface area contributed by atoms with E-state index in [4.69, 9.17) is 0 Å². The maximum atomic E-state index is 13.1. The second kappa shape index (κ2) is 19.1. The van der Waals surface area contributed by atoms with Crippen LogP contribution in [0.2, 0.25) is 0 Å². The van der Waals surface area contributed by atoms with Gasteiger partial charge in [-0.3, -0.25) is 9.59 Å². The van der Waals surface area contributed by atoms with E-state index in [1.165, 1.54) is 0 Å². The van der Waals surface area contributed by atoms with Crippen molar-refractivity contribution in [3.63, 3.8) is 0 Å². The molecule has 44 heavy (non-hydrogen) atoms. The quantitative estimate of drug-likeness (QED) is 0.107. The van der Waals surface area contributed by atoms with Crippen molar-refractivity contribution in [2.24, 2.45) is 0 Å². The van der Waals surface area contributed by atoms with Gasteiger partial charge in [0.15, 0.2) is 0 Å². The number of nitrogens with one attached hydrogen (secondary N) is 4. The predicted octanol–water partition coefficient (Wildman–Crippen LogP) is 5.62. The van der Waals surface area contributed by atoms with Crippen LogP contribution in [-0.4, -0.2) is 51.1 Å². The third-order valence-corrected chi connectivity index (χ3v) is 7.67. The molecule has 0 atom stereocenters. The monoisotopic (exact) mass is 590 g/mol. The molecule has 0 aliphatic heterocycles. The number of benzene rings is 4. The van der Waals surface area contributed by atoms with E-state index in [1.807, 2.05) is 121 Å². The number of hydrogen-bond donors (Lipinski definition) is 4. The normalized spacial score (nSPS) is 11.0. The summed E-state index contributed by atoms with van der Waals surface area (Å²) in [5, 5.41) is 13.2. The molecule has 0 radical (unpaired) electrons. The lowest BCUT2D eigenvalue weighted by Crippen LogP contribution is -2.32. The van der Waals surface area contributed by atoms with Crippen molar-refractivity contribution in [2.75, 3.05) is 39.3 Å². The molecular weight excluding hydrogens is 544 g/mol. The molecule has 4 rings (SSSR count). The molecule has 4 aromatic carbocycles. The van der Waals surface area contributed by atoms with Gasteiger partial charge in [-0.05, 0) is 74.1 Å². The van der Waals surface area contributed by atoms with Crippen LogP contribution in [-0.2, 0) is 9.59 Å². The van der Waals surface area contributed by atoms with Gasteiger partial charge in [-0.1, -0.05) is 121 Å². The Bertz CT molecular complexity index is 1170. The van der Waals surface area contributed by atoms with Crippen molar-refractivity contribution in [1.29, 1.82) is 0 Å². The maximum absolute atomic E-state index is 13.1. The highest BCUT2D eigenvalue weighted by Gasteiger charge is 2.23. The van der Waals surface area contributed by atoms with Gasteiger partial charge in [0.25, 0.3) is 0 Å². The first-order valence-electron chi connectivity index (χ1n) is 15.9. The summed E-state index contributed by atoms with van der Waals surface area (Å²) < 4.78 is 0. The lowest BCUT2D eigenvalue weighted by atomic mass is 9.90. The first-order chi connectivity index (χ1) is 21.7. The van der Waals surface area contributed by atoms with Crippen LogP contribution in [0.25, 0.3) is 0 Å². The fraction of sp³-hybridized carbons (Fsp3) is 0.316. The van der Waals surface area contributed by atoms with Crippen LogP contribution in [0.15, 0.2) is 121 Å². The first kappa shape index (κ1) is 32.6. The number of carbonyl (C=O) groups is 2. The Labute approximate surface area is 262 Å². The molecule has 0 aromatic heterocycles. The van der Waals surface area contributed by atoms with Crippen molar-refractivity contribution in [1.82, 2.24) is 21.3 Å². The minimum Gasteiger partial charge on any atom is -0.355 e. The van der Waals surface area contributed by atoms with Gasteiger partial charge in [0.05, 0.1) is 11.8 Å². The molecule has 6 nitrogen and oxygen atoms in total. The minimum atomic E-state index is -0.297. The van der Waals surface area contributed by atoms with Gasteiger partial charge in [0.1, 0.15) is 0 Å². The molecule has 6 heteroatoms. The van der Waals surface area contributed by atoms with E-state index in [9.17, 15) is 9.59 Å². The van der Waals surface area contributed by atoms with Crippen LogP contribution < -0.4 is 21.3 Å². The van der Waals surface area contributed by atoms with E-state index in [1.54, 1.807) is 0 Å². The fourth-order valence-electron chi connectivity index (χ4n) is 5.38. The van der Waals surface area contributed by atoms with Crippen LogP contribution >= 0.6 is 0 Å². The number of hydrogen-bond acceptors (Lipinski definition) is 4. The molecule has 0 spiro atoms. The van der Waals surface area contributed by atoms with Crippen LogP contribution in [0.5, 0.6) is 0 Å². The number of unbranched alkanes of at least 4 members (excludes halogenated alkanes) is 1. The fourth-order valence-corrected chi connectivity index (χ4v) is 5.38. The van der Waals surface area contributed by atoms with Crippen molar-refractivity contribution in [2.45, 2.75) is 37.5 Å². The average Bonchev–Trinajstić information content (AvgIpc) is 3.07. The smallest absolute Gasteiger partial charge is 0.232 e. The summed E-state index contributed by atoms with van der Waals surface area (Å²) in [4.78, 5) is 26.1. The summed E-state index contributed by atoms with van der Waals surface area (Å²) in [6, 6.07) is 39.8. The van der Waals surface area contributed by atoms with Crippen LogP contribution in [0.3, 0.4) is 0 Å². The summed E-state index contributed by atoms with van der Waals surface area (Å²) in [5.41, 5.74) is 4.03. The highest BCUT2D eigenvalue weighted by molar-refractivity contribution is 5.87. The molecule has 0 heterocycles. The Balaban J connectivity index is 1.02. The highest BCUT2D eigenvalue weighted by Crippen LogP contribution is 2.25. The maximum Gasteiger partial charge on any atom is 0.232 e. The second-order valence-electron chi connectivity index (χ2n) is 11.0. The molecule has 230 valence electrons. The van der Waals surface area contributed by atoms with Gasteiger partial charge in [-0.15, -0.1) is 0 Å². The van der Waals surface area contributed by atoms with E-state index < -0.39 is 0 Å². The lowest BCUT2D eigenvalue weighted by molar-refractivity contribution is -0.122. The van der Waals surface area contributed by atoms with Crippen LogP contribution in [0, 0.1) is 0 Å². The van der Waals surface area contributed by atoms with Crippen LogP contribution in [0.1, 0.15) is 59.8 Å². The Morgan fingerprint density at radius 1 is 0.386 bits per heavy atom. The Kier molecular flexibility index (Phi) is 14.2. The molecule has 0 saturated heterocycles. The average molecular weight is 591 g/mol. The zero-order valence-electron chi connectivity index (χ0n) is 25.6. The molecule has 0 bridgehead atoms. The molecule has 4 N–H and O–H groups in total. The van der Waals surface area contributed by atoms with E-state index in [0.29, 0.717) is 13.1 Å². The Hall–Kier alpha value is -4.26. The van der Waals surface area contributed by atoms with Gasteiger partial charge >= 0.3 is 0 Å². The zero-order valence-corrected chi connectivity index (χ0v) is 25.6. The van der Waals surface area contributed by atoms with Gasteiger partial charge in [-0.25, -0.2) is 0 Å². The molecule has 2 amide bonds. The molecular formula is C38H46N4O2. The minimum absolute atomic E-state index is 0.0419. The summed E-state index contributed by atoms with van der Waals surface area (Å²) in [7, 11) is 0. The van der Waals surface area contributed by atoms with Crippen molar-refractivity contribution in [3.8, 4) is 0 Å². The van der Waals surface area contributed by atoms with Gasteiger partial charge in [0, 0.05) is 13.1 Å². The third kappa shape index (κ3) is 10.8. The molecule has 0 fully saturated rings. The largest absolute Gasteiger partial charge is 0.355 e. The van der Waals surface area contributed by atoms with Crippen molar-refractivity contribution in [3.05, 3.63) is 144 Å². The van der Waals surface area contributed by atoms with Gasteiger partial charge in [0.2, 0.25) is 11.8 Å². The summed E-state index contributed by atoms with van der Waals surface area (Å²) in [5.74, 6) is -0.509. The predicted molar refractivity (Wildman–Crippen MR) is 180 cm³/mol. The molecule has 0 aliphatic carbocycles. The number of rotatable bonds is 19. The van der Waals surface area contributed by atoms with Gasteiger partial charge in [-0.2, -0.15) is 0 Å². The molecule has 4 aromatic rings. The van der Waals surface area contributed by atoms with E-state index in [2.05, 4.69) is 21.3 Å². The summed E-state index contributed by atoms with van der Waals surface area (Å²) in [6.07, 6.45) is 3.97. The third-order valence-electron chi connectivity index (χ3n) is 7.67. The lowest BCUT2D eigenvalue weighted by Gasteiger charge is -2.18. The van der Waals surface area contributed by atoms with Crippen LogP contribution in [0.4, 0.5) is 0 Å². The molecule has 0 aliphatic rings. The molecule has 0 unspecified atom stereocenters. The topological polar surface area (TPSA) is 82.3 Å². The van der Waals surface area contributed by atoms with E-state index >= 15 is 0 Å². The van der Waals surface area contributed by atoms with Gasteiger partial charge < -0.3 is 21.3 Å². The SMILES string of the molecule is O=C(NCCCNCCCCNCCCNC(=O)C(c1ccccc1)c1ccccc1)C(c1ccccc1)c1ccccc1. The van der Waals surface area contributed by atoms with Crippen molar-refractivity contribution >= 4 is 11.8 Å². The summed E-state index contributed by atoms with van der Waals surface area (Å²) in [6.45, 7) is 4.98. The van der Waals surface area contributed by atoms with E-state index in [-0.39, 0.29) is 23.7 Å². The summed E-state index contributed by atoms with van der Waals surface area (Å²) >= 11 is 0. The highest BCUT2D eigenvalue weighted by atomic mass is 16.2. The van der Waals surface area contributed by atoms with Crippen molar-refractivity contribution < 1.29 is 9.59 Å². The Morgan fingerprint density at radius 2 is 0.659 bits per heavy atom. The number of amides is 2.